The number of aromatic nitrogens is 1. The standard InChI is InChI=1S/C28H31N3O4S/c1-27(2)11-13-31-14-12-28(3,4)20-22(31)18(27)15-19-24(20)35-25-21(29-19)16-9-7-8-10-17(16)23(32)26(25)36(33,34)30(5)6/h7-10,15H,11-14H2,1-6H3. The predicted molar refractivity (Wildman–Crippen MR) is 143 cm³/mol. The molecule has 2 aromatic carbocycles. The number of hydrogen-bond acceptors (Lipinski definition) is 6. The van der Waals surface area contributed by atoms with Crippen LogP contribution in [-0.2, 0) is 20.9 Å². The number of anilines is 1. The van der Waals surface area contributed by atoms with Crippen molar-refractivity contribution in [1.82, 2.24) is 9.29 Å². The number of nitrogens with zero attached hydrogens (tertiary/aromatic N) is 3. The minimum atomic E-state index is -4.10. The number of sulfonamides is 1. The van der Waals surface area contributed by atoms with Gasteiger partial charge in [-0.25, -0.2) is 17.7 Å². The van der Waals surface area contributed by atoms with Crippen molar-refractivity contribution < 1.29 is 12.8 Å². The fraction of sp³-hybridized carbons (Fsp3) is 0.429. The minimum Gasteiger partial charge on any atom is -0.451 e. The number of rotatable bonds is 2. The van der Waals surface area contributed by atoms with Crippen LogP contribution in [0.4, 0.5) is 5.69 Å². The first-order valence-corrected chi connectivity index (χ1v) is 13.8. The zero-order valence-electron chi connectivity index (χ0n) is 21.6. The molecule has 8 heteroatoms. The van der Waals surface area contributed by atoms with Gasteiger partial charge in [-0.3, -0.25) is 4.79 Å². The van der Waals surface area contributed by atoms with E-state index in [4.69, 9.17) is 9.40 Å². The molecule has 6 rings (SSSR count). The van der Waals surface area contributed by atoms with Crippen molar-refractivity contribution in [2.24, 2.45) is 0 Å². The number of hydrogen-bond donors (Lipinski definition) is 0. The van der Waals surface area contributed by atoms with Gasteiger partial charge < -0.3 is 9.32 Å². The first-order chi connectivity index (χ1) is 16.8. The van der Waals surface area contributed by atoms with Crippen molar-refractivity contribution in [2.75, 3.05) is 32.1 Å². The van der Waals surface area contributed by atoms with Crippen LogP contribution in [0.1, 0.15) is 51.7 Å². The summed E-state index contributed by atoms with van der Waals surface area (Å²) in [5.74, 6) is 0.0269. The Hall–Kier alpha value is -2.97. The van der Waals surface area contributed by atoms with Gasteiger partial charge in [0, 0.05) is 49.2 Å². The Bertz CT molecular complexity index is 1710. The van der Waals surface area contributed by atoms with Gasteiger partial charge in [0.15, 0.2) is 16.2 Å². The summed E-state index contributed by atoms with van der Waals surface area (Å²) in [4.78, 5) is 20.7. The molecule has 0 unspecified atom stereocenters. The first-order valence-electron chi connectivity index (χ1n) is 12.4. The number of fused-ring (bicyclic) bond motifs is 5. The average Bonchev–Trinajstić information content (AvgIpc) is 2.81. The van der Waals surface area contributed by atoms with E-state index in [-0.39, 0.29) is 21.5 Å². The minimum absolute atomic E-state index is 0.0269. The highest BCUT2D eigenvalue weighted by atomic mass is 32.2. The molecule has 0 radical (unpaired) electrons. The predicted octanol–water partition coefficient (Wildman–Crippen LogP) is 4.87. The van der Waals surface area contributed by atoms with E-state index in [0.717, 1.165) is 35.8 Å². The van der Waals surface area contributed by atoms with Crippen LogP contribution in [0.25, 0.3) is 33.3 Å². The third kappa shape index (κ3) is 3.03. The van der Waals surface area contributed by atoms with E-state index in [1.54, 1.807) is 18.2 Å². The molecule has 2 aromatic rings. The Balaban J connectivity index is 1.87. The molecule has 3 heterocycles. The summed E-state index contributed by atoms with van der Waals surface area (Å²) in [6.07, 6.45) is 1.99. The van der Waals surface area contributed by atoms with E-state index in [9.17, 15) is 13.2 Å². The van der Waals surface area contributed by atoms with Gasteiger partial charge in [0.1, 0.15) is 11.2 Å². The molecule has 36 heavy (non-hydrogen) atoms. The Labute approximate surface area is 211 Å². The summed E-state index contributed by atoms with van der Waals surface area (Å²) in [5.41, 5.74) is 4.34. The summed E-state index contributed by atoms with van der Waals surface area (Å²) >= 11 is 0. The Morgan fingerprint density at radius 1 is 1.00 bits per heavy atom. The highest BCUT2D eigenvalue weighted by molar-refractivity contribution is 7.89. The van der Waals surface area contributed by atoms with Gasteiger partial charge in [0.25, 0.3) is 0 Å². The molecule has 188 valence electrons. The van der Waals surface area contributed by atoms with Crippen molar-refractivity contribution in [3.8, 4) is 11.5 Å². The smallest absolute Gasteiger partial charge is 0.250 e. The summed E-state index contributed by atoms with van der Waals surface area (Å²) in [6, 6.07) is 9.13. The van der Waals surface area contributed by atoms with Crippen LogP contribution in [0.3, 0.4) is 0 Å². The van der Waals surface area contributed by atoms with E-state index >= 15 is 0 Å². The zero-order chi connectivity index (χ0) is 25.8. The molecule has 0 fully saturated rings. The normalized spacial score (nSPS) is 18.8. The molecule has 3 aliphatic heterocycles. The molecule has 0 atom stereocenters. The molecule has 0 amide bonds. The molecule has 4 aliphatic rings. The second kappa shape index (κ2) is 7.29. The van der Waals surface area contributed by atoms with Gasteiger partial charge in [0.05, 0.1) is 0 Å². The molecule has 0 spiro atoms. The van der Waals surface area contributed by atoms with Crippen molar-refractivity contribution in [3.63, 3.8) is 0 Å². The van der Waals surface area contributed by atoms with Crippen LogP contribution in [0.5, 0.6) is 0 Å². The van der Waals surface area contributed by atoms with Gasteiger partial charge in [-0.05, 0) is 35.3 Å². The highest BCUT2D eigenvalue weighted by Gasteiger charge is 2.43. The van der Waals surface area contributed by atoms with Crippen molar-refractivity contribution in [3.05, 3.63) is 51.7 Å². The molecule has 1 aliphatic carbocycles. The monoisotopic (exact) mass is 505 g/mol. The van der Waals surface area contributed by atoms with Gasteiger partial charge >= 0.3 is 0 Å². The highest BCUT2D eigenvalue weighted by Crippen LogP contribution is 2.52. The van der Waals surface area contributed by atoms with E-state index in [2.05, 4.69) is 38.7 Å². The van der Waals surface area contributed by atoms with Crippen molar-refractivity contribution in [2.45, 2.75) is 56.3 Å². The fourth-order valence-corrected chi connectivity index (χ4v) is 6.99. The molecule has 7 nitrogen and oxygen atoms in total. The van der Waals surface area contributed by atoms with Crippen LogP contribution in [0.15, 0.2) is 44.4 Å². The lowest BCUT2D eigenvalue weighted by molar-refractivity contribution is 0.399. The zero-order valence-corrected chi connectivity index (χ0v) is 22.4. The lowest BCUT2D eigenvalue weighted by atomic mass is 9.69. The molecular weight excluding hydrogens is 474 g/mol. The second-order valence-corrected chi connectivity index (χ2v) is 13.7. The Kier molecular flexibility index (Phi) is 4.75. The van der Waals surface area contributed by atoms with Crippen LogP contribution in [0.2, 0.25) is 0 Å². The third-order valence-electron chi connectivity index (χ3n) is 8.20. The van der Waals surface area contributed by atoms with Crippen molar-refractivity contribution in [1.29, 1.82) is 0 Å². The molecule has 0 aromatic heterocycles. The number of benzene rings is 3. The maximum Gasteiger partial charge on any atom is 0.250 e. The van der Waals surface area contributed by atoms with E-state index in [0.29, 0.717) is 27.6 Å². The maximum atomic E-state index is 13.6. The summed E-state index contributed by atoms with van der Waals surface area (Å²) in [6.45, 7) is 10.9. The van der Waals surface area contributed by atoms with Crippen LogP contribution >= 0.6 is 0 Å². The summed E-state index contributed by atoms with van der Waals surface area (Å²) < 4.78 is 34.5. The molecule has 0 saturated carbocycles. The quantitative estimate of drug-likeness (QED) is 0.286. The van der Waals surface area contributed by atoms with Crippen molar-refractivity contribution >= 4 is 37.6 Å². The van der Waals surface area contributed by atoms with Crippen LogP contribution < -0.4 is 10.3 Å². The van der Waals surface area contributed by atoms with E-state index in [1.807, 2.05) is 6.07 Å². The first kappa shape index (κ1) is 23.4. The topological polar surface area (TPSA) is 83.7 Å². The van der Waals surface area contributed by atoms with Crippen LogP contribution in [-0.4, -0.2) is 44.9 Å². The maximum absolute atomic E-state index is 13.6. The molecular formula is C28H31N3O4S. The van der Waals surface area contributed by atoms with Gasteiger partial charge in [0.2, 0.25) is 15.5 Å². The summed E-state index contributed by atoms with van der Waals surface area (Å²) in [7, 11) is -1.25. The fourth-order valence-electron chi connectivity index (χ4n) is 5.91. The van der Waals surface area contributed by atoms with Gasteiger partial charge in [-0.15, -0.1) is 0 Å². The van der Waals surface area contributed by atoms with E-state index in [1.165, 1.54) is 25.3 Å². The second-order valence-electron chi connectivity index (χ2n) is 11.6. The lowest BCUT2D eigenvalue weighted by Gasteiger charge is -2.48. The lowest BCUT2D eigenvalue weighted by Crippen LogP contribution is -2.44. The Morgan fingerprint density at radius 3 is 2.31 bits per heavy atom. The SMILES string of the molecule is CN(C)S(=O)(=O)c1c2oc3c4c5c(cc3nc-2c2ccccc2c1=O)C(C)(C)CCN5CCC4(C)C. The molecule has 0 N–H and O–H groups in total. The molecule has 0 saturated heterocycles. The van der Waals surface area contributed by atoms with Gasteiger partial charge in [-0.2, -0.15) is 0 Å². The largest absolute Gasteiger partial charge is 0.451 e. The van der Waals surface area contributed by atoms with Crippen LogP contribution in [0, 0.1) is 0 Å². The Morgan fingerprint density at radius 2 is 1.64 bits per heavy atom. The van der Waals surface area contributed by atoms with E-state index < -0.39 is 15.5 Å². The average molecular weight is 506 g/mol. The summed E-state index contributed by atoms with van der Waals surface area (Å²) in [5, 5.41) is 0.908. The third-order valence-corrected chi connectivity index (χ3v) is 10.0. The molecule has 0 bridgehead atoms. The van der Waals surface area contributed by atoms with Gasteiger partial charge in [-0.1, -0.05) is 52.0 Å².